The van der Waals surface area contributed by atoms with Gasteiger partial charge in [0.05, 0.1) is 12.0 Å². The van der Waals surface area contributed by atoms with Crippen LogP contribution < -0.4 is 10.6 Å². The van der Waals surface area contributed by atoms with Crippen molar-refractivity contribution >= 4 is 17.5 Å². The molecule has 1 amide bonds. The number of amides is 1. The fraction of sp³-hybridized carbons (Fsp3) is 0.462. The molecule has 17 heavy (non-hydrogen) atoms. The molecule has 2 atom stereocenters. The minimum absolute atomic E-state index is 0.0446. The molecule has 1 aromatic carbocycles. The molecule has 2 N–H and O–H groups in total. The summed E-state index contributed by atoms with van der Waals surface area (Å²) in [6.07, 6.45) is 0.918. The average Bonchev–Trinajstić information content (AvgIpc) is 2.82. The van der Waals surface area contributed by atoms with Crippen molar-refractivity contribution < 1.29 is 4.79 Å². The number of carbonyl (C=O) groups excluding carboxylic acids is 1. The van der Waals surface area contributed by atoms with Gasteiger partial charge < -0.3 is 10.6 Å². The lowest BCUT2D eigenvalue weighted by Crippen LogP contribution is -2.33. The molecule has 0 aliphatic carbocycles. The lowest BCUT2D eigenvalue weighted by Gasteiger charge is -2.18. The maximum absolute atomic E-state index is 11.9. The Hall–Kier alpha value is -1.06. The van der Waals surface area contributed by atoms with Gasteiger partial charge in [-0.2, -0.15) is 0 Å². The third-order valence-corrected chi connectivity index (χ3v) is 3.51. The summed E-state index contributed by atoms with van der Waals surface area (Å²) in [6, 6.07) is 7.57. The maximum Gasteiger partial charge on any atom is 0.224 e. The molecule has 2 rings (SSSR count). The maximum atomic E-state index is 11.9. The van der Waals surface area contributed by atoms with Gasteiger partial charge in [0.25, 0.3) is 0 Å². The van der Waals surface area contributed by atoms with Gasteiger partial charge in [-0.05, 0) is 31.5 Å². The van der Waals surface area contributed by atoms with Gasteiger partial charge in [0.2, 0.25) is 5.91 Å². The predicted molar refractivity (Wildman–Crippen MR) is 69.0 cm³/mol. The van der Waals surface area contributed by atoms with Crippen molar-refractivity contribution in [2.75, 3.05) is 13.1 Å². The molecule has 92 valence electrons. The van der Waals surface area contributed by atoms with E-state index in [-0.39, 0.29) is 17.9 Å². The second kappa shape index (κ2) is 5.52. The largest absolute Gasteiger partial charge is 0.349 e. The summed E-state index contributed by atoms with van der Waals surface area (Å²) in [5, 5.41) is 6.91. The lowest BCUT2D eigenvalue weighted by molar-refractivity contribution is -0.125. The molecule has 1 aromatic rings. The van der Waals surface area contributed by atoms with Gasteiger partial charge in [0.1, 0.15) is 0 Å². The number of carbonyl (C=O) groups is 1. The van der Waals surface area contributed by atoms with Crippen LogP contribution in [0.2, 0.25) is 5.02 Å². The Kier molecular flexibility index (Phi) is 4.02. The number of nitrogens with one attached hydrogen (secondary N) is 2. The number of hydrogen-bond donors (Lipinski definition) is 2. The van der Waals surface area contributed by atoms with Crippen molar-refractivity contribution in [3.63, 3.8) is 0 Å². The molecule has 1 heterocycles. The lowest BCUT2D eigenvalue weighted by atomic mass is 10.1. The molecule has 1 fully saturated rings. The van der Waals surface area contributed by atoms with Crippen molar-refractivity contribution in [1.29, 1.82) is 0 Å². The average molecular weight is 253 g/mol. The zero-order valence-electron chi connectivity index (χ0n) is 9.87. The highest BCUT2D eigenvalue weighted by Gasteiger charge is 2.24. The molecule has 1 aliphatic heterocycles. The molecule has 2 unspecified atom stereocenters. The van der Waals surface area contributed by atoms with Gasteiger partial charge in [0.15, 0.2) is 0 Å². The van der Waals surface area contributed by atoms with Crippen LogP contribution in [-0.2, 0) is 4.79 Å². The first-order valence-electron chi connectivity index (χ1n) is 5.94. The van der Waals surface area contributed by atoms with Gasteiger partial charge in [0, 0.05) is 11.6 Å². The summed E-state index contributed by atoms with van der Waals surface area (Å²) < 4.78 is 0. The van der Waals surface area contributed by atoms with E-state index >= 15 is 0 Å². The van der Waals surface area contributed by atoms with Gasteiger partial charge in [-0.3, -0.25) is 4.79 Å². The first kappa shape index (κ1) is 12.4. The Bertz CT molecular complexity index is 402. The zero-order valence-corrected chi connectivity index (χ0v) is 10.6. The molecule has 0 saturated carbocycles. The standard InChI is InChI=1S/C13H17ClN2O/c1-9(11-4-2-3-5-12(11)14)16-13(17)10-6-7-15-8-10/h2-5,9-10,15H,6-8H2,1H3,(H,16,17). The van der Waals surface area contributed by atoms with E-state index in [1.165, 1.54) is 0 Å². The van der Waals surface area contributed by atoms with Crippen molar-refractivity contribution in [2.45, 2.75) is 19.4 Å². The zero-order chi connectivity index (χ0) is 12.3. The molecular weight excluding hydrogens is 236 g/mol. The summed E-state index contributed by atoms with van der Waals surface area (Å²) in [7, 11) is 0. The number of benzene rings is 1. The van der Waals surface area contributed by atoms with Crippen molar-refractivity contribution in [2.24, 2.45) is 5.92 Å². The number of hydrogen-bond acceptors (Lipinski definition) is 2. The SMILES string of the molecule is CC(NC(=O)C1CCNC1)c1ccccc1Cl. The van der Waals surface area contributed by atoms with Gasteiger partial charge in [-0.15, -0.1) is 0 Å². The summed E-state index contributed by atoms with van der Waals surface area (Å²) in [5.74, 6) is 0.211. The van der Waals surface area contributed by atoms with E-state index in [1.807, 2.05) is 31.2 Å². The van der Waals surface area contributed by atoms with Gasteiger partial charge >= 0.3 is 0 Å². The van der Waals surface area contributed by atoms with E-state index < -0.39 is 0 Å². The van der Waals surface area contributed by atoms with Crippen molar-refractivity contribution in [3.8, 4) is 0 Å². The third kappa shape index (κ3) is 2.99. The Morgan fingerprint density at radius 1 is 1.53 bits per heavy atom. The first-order chi connectivity index (χ1) is 8.18. The Morgan fingerprint density at radius 3 is 2.94 bits per heavy atom. The third-order valence-electron chi connectivity index (χ3n) is 3.16. The number of rotatable bonds is 3. The summed E-state index contributed by atoms with van der Waals surface area (Å²) in [4.78, 5) is 11.9. The Balaban J connectivity index is 1.99. The molecule has 0 spiro atoms. The normalized spacial score (nSPS) is 21.2. The van der Waals surface area contributed by atoms with Crippen LogP contribution in [-0.4, -0.2) is 19.0 Å². The van der Waals surface area contributed by atoms with Gasteiger partial charge in [-0.25, -0.2) is 0 Å². The van der Waals surface area contributed by atoms with E-state index in [1.54, 1.807) is 0 Å². The monoisotopic (exact) mass is 252 g/mol. The smallest absolute Gasteiger partial charge is 0.224 e. The van der Waals surface area contributed by atoms with Crippen LogP contribution in [0.15, 0.2) is 24.3 Å². The molecule has 0 bridgehead atoms. The molecule has 3 nitrogen and oxygen atoms in total. The first-order valence-corrected chi connectivity index (χ1v) is 6.32. The second-order valence-corrected chi connectivity index (χ2v) is 4.85. The van der Waals surface area contributed by atoms with Crippen molar-refractivity contribution in [1.82, 2.24) is 10.6 Å². The summed E-state index contributed by atoms with van der Waals surface area (Å²) in [5.41, 5.74) is 0.966. The molecule has 4 heteroatoms. The molecule has 1 aliphatic rings. The van der Waals surface area contributed by atoms with Crippen LogP contribution in [0, 0.1) is 5.92 Å². The second-order valence-electron chi connectivity index (χ2n) is 4.44. The predicted octanol–water partition coefficient (Wildman–Crippen LogP) is 2.13. The highest BCUT2D eigenvalue weighted by atomic mass is 35.5. The van der Waals surface area contributed by atoms with Crippen LogP contribution in [0.5, 0.6) is 0 Å². The van der Waals surface area contributed by atoms with Crippen molar-refractivity contribution in [3.05, 3.63) is 34.9 Å². The van der Waals surface area contributed by atoms with Crippen LogP contribution in [0.25, 0.3) is 0 Å². The molecular formula is C13H17ClN2O. The quantitative estimate of drug-likeness (QED) is 0.865. The highest BCUT2D eigenvalue weighted by Crippen LogP contribution is 2.22. The topological polar surface area (TPSA) is 41.1 Å². The van der Waals surface area contributed by atoms with E-state index in [0.717, 1.165) is 25.1 Å². The highest BCUT2D eigenvalue weighted by molar-refractivity contribution is 6.31. The summed E-state index contributed by atoms with van der Waals surface area (Å²) in [6.45, 7) is 3.67. The minimum Gasteiger partial charge on any atom is -0.349 e. The number of halogens is 1. The molecule has 1 saturated heterocycles. The Labute approximate surface area is 107 Å². The molecule has 0 aromatic heterocycles. The van der Waals surface area contributed by atoms with Crippen LogP contribution in [0.3, 0.4) is 0 Å². The van der Waals surface area contributed by atoms with E-state index in [4.69, 9.17) is 11.6 Å². The summed E-state index contributed by atoms with van der Waals surface area (Å²) >= 11 is 6.10. The van der Waals surface area contributed by atoms with Crippen LogP contribution >= 0.6 is 11.6 Å². The van der Waals surface area contributed by atoms with E-state index in [2.05, 4.69) is 10.6 Å². The Morgan fingerprint density at radius 2 is 2.29 bits per heavy atom. The van der Waals surface area contributed by atoms with E-state index in [0.29, 0.717) is 5.02 Å². The minimum atomic E-state index is -0.0446. The van der Waals surface area contributed by atoms with Crippen LogP contribution in [0.1, 0.15) is 24.9 Å². The van der Waals surface area contributed by atoms with Gasteiger partial charge in [-0.1, -0.05) is 29.8 Å². The van der Waals surface area contributed by atoms with Crippen LogP contribution in [0.4, 0.5) is 0 Å². The fourth-order valence-electron chi connectivity index (χ4n) is 2.11. The fourth-order valence-corrected chi connectivity index (χ4v) is 2.41. The molecule has 0 radical (unpaired) electrons. The van der Waals surface area contributed by atoms with E-state index in [9.17, 15) is 4.79 Å².